The number of hydrogen-bond acceptors (Lipinski definition) is 8. The third kappa shape index (κ3) is 6.76. The molecule has 1 atom stereocenters. The van der Waals surface area contributed by atoms with Crippen molar-refractivity contribution in [3.8, 4) is 6.07 Å². The second-order valence-corrected chi connectivity index (χ2v) is 18.0. The van der Waals surface area contributed by atoms with E-state index in [0.29, 0.717) is 55.2 Å². The summed E-state index contributed by atoms with van der Waals surface area (Å²) in [6.45, 7) is 11.8. The van der Waals surface area contributed by atoms with Crippen LogP contribution in [0, 0.1) is 11.3 Å². The molecular formula is C46H49N7O5S. The first-order chi connectivity index (χ1) is 28.5. The highest BCUT2D eigenvalue weighted by Crippen LogP contribution is 2.46. The van der Waals surface area contributed by atoms with Crippen LogP contribution in [0.25, 0.3) is 10.9 Å². The number of benzene rings is 3. The number of aromatic nitrogens is 1. The third-order valence-corrected chi connectivity index (χ3v) is 14.4. The van der Waals surface area contributed by atoms with Crippen LogP contribution in [-0.2, 0) is 32.8 Å². The van der Waals surface area contributed by atoms with Gasteiger partial charge in [0.05, 0.1) is 23.6 Å². The van der Waals surface area contributed by atoms with Crippen LogP contribution in [0.2, 0.25) is 0 Å². The summed E-state index contributed by atoms with van der Waals surface area (Å²) in [5, 5.41) is 14.7. The van der Waals surface area contributed by atoms with Gasteiger partial charge in [-0.3, -0.25) is 34.2 Å². The lowest BCUT2D eigenvalue weighted by Crippen LogP contribution is -2.54. The SMILES string of the molecule is CCc1cc2c(cc1N1CCC(N3CCN(C(=O)CC=[SH]c4cccc5c4CN(C4CCC(=O)NC4=O)C5=O)CC3)CC1)C(C)(C)c1[nH]c3cc(C#N)ccc3c1C2=O. The van der Waals surface area contributed by atoms with Crippen LogP contribution < -0.4 is 10.2 Å². The number of imide groups is 1. The fourth-order valence-electron chi connectivity index (χ4n) is 10.0. The molecule has 0 saturated carbocycles. The molecule has 304 valence electrons. The maximum absolute atomic E-state index is 14.1. The van der Waals surface area contributed by atoms with Crippen molar-refractivity contribution in [1.82, 2.24) is 25.0 Å². The number of aryl methyl sites for hydroxylation is 1. The fourth-order valence-corrected chi connectivity index (χ4v) is 11.0. The molecule has 1 unspecified atom stereocenters. The lowest BCUT2D eigenvalue weighted by Gasteiger charge is -2.44. The Morgan fingerprint density at radius 2 is 1.75 bits per heavy atom. The molecule has 5 aliphatic rings. The van der Waals surface area contributed by atoms with E-state index in [2.05, 4.69) is 59.1 Å². The zero-order chi connectivity index (χ0) is 41.2. The first-order valence-electron chi connectivity index (χ1n) is 20.8. The number of carbonyl (C=O) groups excluding carboxylic acids is 5. The first kappa shape index (κ1) is 38.9. The van der Waals surface area contributed by atoms with Crippen molar-refractivity contribution in [3.05, 3.63) is 93.2 Å². The van der Waals surface area contributed by atoms with Crippen LogP contribution in [0.4, 0.5) is 5.69 Å². The number of carbonyl (C=O) groups is 5. The minimum atomic E-state index is -0.656. The van der Waals surface area contributed by atoms with Gasteiger partial charge in [-0.25, -0.2) is 0 Å². The summed E-state index contributed by atoms with van der Waals surface area (Å²) in [5.41, 5.74) is 8.23. The maximum Gasteiger partial charge on any atom is 0.255 e. The molecule has 9 rings (SSSR count). The number of nitriles is 1. The average Bonchev–Trinajstić information content (AvgIpc) is 3.81. The Morgan fingerprint density at radius 1 is 0.966 bits per heavy atom. The largest absolute Gasteiger partial charge is 0.371 e. The number of piperidine rings is 2. The second-order valence-electron chi connectivity index (χ2n) is 16.9. The number of rotatable bonds is 7. The number of H-pyrrole nitrogens is 1. The number of ketones is 1. The molecule has 3 saturated heterocycles. The van der Waals surface area contributed by atoms with E-state index in [4.69, 9.17) is 0 Å². The molecule has 5 heterocycles. The van der Waals surface area contributed by atoms with Crippen molar-refractivity contribution in [2.24, 2.45) is 0 Å². The summed E-state index contributed by atoms with van der Waals surface area (Å²) in [4.78, 5) is 77.9. The number of amides is 4. The Hall–Kier alpha value is -5.58. The highest BCUT2D eigenvalue weighted by Gasteiger charge is 2.42. The van der Waals surface area contributed by atoms with E-state index in [1.165, 1.54) is 11.3 Å². The molecule has 1 aliphatic carbocycles. The lowest BCUT2D eigenvalue weighted by molar-refractivity contribution is -0.137. The number of nitrogens with zero attached hydrogens (tertiary/aromatic N) is 5. The van der Waals surface area contributed by atoms with Gasteiger partial charge in [-0.1, -0.05) is 38.3 Å². The quantitative estimate of drug-likeness (QED) is 0.133. The number of hydrogen-bond donors (Lipinski definition) is 3. The van der Waals surface area contributed by atoms with Gasteiger partial charge in [0.2, 0.25) is 17.7 Å². The normalized spacial score (nSPS) is 21.0. The molecule has 4 aliphatic heterocycles. The smallest absolute Gasteiger partial charge is 0.255 e. The highest BCUT2D eigenvalue weighted by molar-refractivity contribution is 7.97. The summed E-state index contributed by atoms with van der Waals surface area (Å²) in [7, 11) is 0. The van der Waals surface area contributed by atoms with Crippen molar-refractivity contribution in [2.75, 3.05) is 44.2 Å². The summed E-state index contributed by atoms with van der Waals surface area (Å²) in [6.07, 6.45) is 3.73. The van der Waals surface area contributed by atoms with Gasteiger partial charge in [-0.2, -0.15) is 16.6 Å². The molecule has 2 N–H and O–H groups in total. The van der Waals surface area contributed by atoms with Crippen molar-refractivity contribution >= 4 is 62.7 Å². The topological polar surface area (TPSA) is 150 Å². The molecule has 13 heteroatoms. The molecule has 4 aromatic rings. The molecule has 0 bridgehead atoms. The second kappa shape index (κ2) is 15.2. The Bertz CT molecular complexity index is 2520. The van der Waals surface area contributed by atoms with E-state index in [9.17, 15) is 29.2 Å². The van der Waals surface area contributed by atoms with Gasteiger partial charge >= 0.3 is 0 Å². The Balaban J connectivity index is 0.804. The molecule has 4 amide bonds. The van der Waals surface area contributed by atoms with E-state index in [1.54, 1.807) is 17.0 Å². The number of anilines is 1. The zero-order valence-electron chi connectivity index (χ0n) is 33.8. The molecule has 0 radical (unpaired) electrons. The van der Waals surface area contributed by atoms with Crippen LogP contribution in [0.15, 0.2) is 53.4 Å². The van der Waals surface area contributed by atoms with Gasteiger partial charge in [0.15, 0.2) is 5.78 Å². The maximum atomic E-state index is 14.1. The van der Waals surface area contributed by atoms with Crippen molar-refractivity contribution in [1.29, 1.82) is 5.26 Å². The standard InChI is InChI=1S/C46H49N7O5S/c1-4-28-23-32-34(46(2,3)43-41(42(32)56)31-9-8-27(25-47)22-35(31)48-43)24-37(28)51-15-12-29(13-16-51)50-17-19-52(20-18-50)40(55)14-21-59-38-7-5-6-30-33(38)26-53(45(30)58)36-10-11-39(54)49-44(36)57/h5-9,21-24,29,36,48,59H,4,10-20,26H2,1-3H3,(H,49,54,57). The van der Waals surface area contributed by atoms with Gasteiger partial charge in [-0.05, 0) is 78.8 Å². The number of piperazine rings is 1. The monoisotopic (exact) mass is 811 g/mol. The summed E-state index contributed by atoms with van der Waals surface area (Å²) < 4.78 is 0. The zero-order valence-corrected chi connectivity index (χ0v) is 34.7. The Morgan fingerprint density at radius 3 is 2.47 bits per heavy atom. The average molecular weight is 812 g/mol. The molecule has 12 nitrogen and oxygen atoms in total. The van der Waals surface area contributed by atoms with E-state index in [0.717, 1.165) is 95.0 Å². The van der Waals surface area contributed by atoms with E-state index in [-0.39, 0.29) is 29.9 Å². The van der Waals surface area contributed by atoms with Crippen LogP contribution in [-0.4, -0.2) is 106 Å². The predicted octanol–water partition coefficient (Wildman–Crippen LogP) is 5.06. The van der Waals surface area contributed by atoms with Gasteiger partial charge in [0.25, 0.3) is 5.91 Å². The number of fused-ring (bicyclic) bond motifs is 5. The Labute approximate surface area is 347 Å². The highest BCUT2D eigenvalue weighted by atomic mass is 32.1. The minimum Gasteiger partial charge on any atom is -0.371 e. The van der Waals surface area contributed by atoms with Crippen LogP contribution in [0.5, 0.6) is 0 Å². The van der Waals surface area contributed by atoms with Crippen molar-refractivity contribution in [2.45, 2.75) is 88.2 Å². The third-order valence-electron chi connectivity index (χ3n) is 13.3. The lowest BCUT2D eigenvalue weighted by atomic mass is 9.70. The summed E-state index contributed by atoms with van der Waals surface area (Å²) in [5.74, 6) is -0.780. The van der Waals surface area contributed by atoms with Gasteiger partial charge in [-0.15, -0.1) is 0 Å². The van der Waals surface area contributed by atoms with Crippen molar-refractivity contribution in [3.63, 3.8) is 0 Å². The van der Waals surface area contributed by atoms with Crippen LogP contribution in [0.1, 0.15) is 107 Å². The van der Waals surface area contributed by atoms with E-state index < -0.39 is 17.4 Å². The predicted molar refractivity (Wildman–Crippen MR) is 228 cm³/mol. The van der Waals surface area contributed by atoms with Crippen LogP contribution >= 0.6 is 11.4 Å². The van der Waals surface area contributed by atoms with Crippen LogP contribution in [0.3, 0.4) is 0 Å². The fraction of sp³-hybridized carbons (Fsp3) is 0.413. The van der Waals surface area contributed by atoms with E-state index in [1.807, 2.05) is 34.5 Å². The summed E-state index contributed by atoms with van der Waals surface area (Å²) in [6, 6.07) is 17.5. The molecule has 3 fully saturated rings. The van der Waals surface area contributed by atoms with Gasteiger partial charge in [0.1, 0.15) is 6.04 Å². The molecule has 1 aromatic heterocycles. The molecule has 0 spiro atoms. The van der Waals surface area contributed by atoms with E-state index >= 15 is 0 Å². The molecule has 59 heavy (non-hydrogen) atoms. The van der Waals surface area contributed by atoms with Gasteiger partial charge in [0, 0.05) is 102 Å². The number of thiol groups is 1. The van der Waals surface area contributed by atoms with Crippen molar-refractivity contribution < 1.29 is 24.0 Å². The summed E-state index contributed by atoms with van der Waals surface area (Å²) >= 11 is 0.851. The Kier molecular flexibility index (Phi) is 10.0. The van der Waals surface area contributed by atoms with Gasteiger partial charge < -0.3 is 19.7 Å². The molecule has 3 aromatic carbocycles. The number of aromatic amines is 1. The minimum absolute atomic E-state index is 0.0393. The molecular weight excluding hydrogens is 763 g/mol. The number of nitrogens with one attached hydrogen (secondary N) is 2. The first-order valence-corrected chi connectivity index (χ1v) is 21.8.